The van der Waals surface area contributed by atoms with E-state index in [1.54, 1.807) is 17.7 Å². The van der Waals surface area contributed by atoms with Crippen LogP contribution in [-0.2, 0) is 14.3 Å². The number of carbonyl (C=O) groups is 2. The first-order valence-corrected chi connectivity index (χ1v) is 8.98. The second kappa shape index (κ2) is 7.87. The maximum Gasteiger partial charge on any atom is 0.229 e. The van der Waals surface area contributed by atoms with Gasteiger partial charge in [-0.3, -0.25) is 9.59 Å². The fourth-order valence-electron chi connectivity index (χ4n) is 2.73. The molecule has 1 fully saturated rings. The predicted octanol–water partition coefficient (Wildman–Crippen LogP) is 1.07. The van der Waals surface area contributed by atoms with Gasteiger partial charge in [0.15, 0.2) is 5.13 Å². The van der Waals surface area contributed by atoms with Crippen LogP contribution in [0, 0.1) is 5.92 Å². The summed E-state index contributed by atoms with van der Waals surface area (Å²) >= 11 is 1.35. The summed E-state index contributed by atoms with van der Waals surface area (Å²) in [6.45, 7) is -0.218. The first kappa shape index (κ1) is 17.1. The Bertz CT molecular complexity index is 600. The quantitative estimate of drug-likeness (QED) is 0.666. The Labute approximate surface area is 144 Å². The van der Waals surface area contributed by atoms with Gasteiger partial charge in [-0.25, -0.2) is 4.98 Å². The number of hydrogen-bond donors (Lipinski definition) is 3. The molecular formula is C16H21N3O4S. The highest BCUT2D eigenvalue weighted by Gasteiger charge is 2.32. The van der Waals surface area contributed by atoms with Gasteiger partial charge in [0.2, 0.25) is 11.8 Å². The topological polar surface area (TPSA) is 101 Å². The number of carbonyl (C=O) groups excluding carboxylic acids is 2. The van der Waals surface area contributed by atoms with E-state index >= 15 is 0 Å². The molecule has 0 unspecified atom stereocenters. The molecule has 0 spiro atoms. The van der Waals surface area contributed by atoms with Crippen molar-refractivity contribution in [2.45, 2.75) is 43.9 Å². The summed E-state index contributed by atoms with van der Waals surface area (Å²) < 4.78 is 5.74. The van der Waals surface area contributed by atoms with E-state index in [-0.39, 0.29) is 36.8 Å². The number of aliphatic hydroxyl groups is 1. The largest absolute Gasteiger partial charge is 0.394 e. The summed E-state index contributed by atoms with van der Waals surface area (Å²) in [4.78, 5) is 28.0. The first-order chi connectivity index (χ1) is 11.7. The van der Waals surface area contributed by atoms with Gasteiger partial charge < -0.3 is 20.5 Å². The van der Waals surface area contributed by atoms with Gasteiger partial charge in [0, 0.05) is 17.5 Å². The van der Waals surface area contributed by atoms with Crippen molar-refractivity contribution in [1.82, 2.24) is 10.3 Å². The number of ether oxygens (including phenoxy) is 1. The van der Waals surface area contributed by atoms with E-state index < -0.39 is 12.2 Å². The highest BCUT2D eigenvalue weighted by Crippen LogP contribution is 2.27. The molecule has 24 heavy (non-hydrogen) atoms. The standard InChI is InChI=1S/C16H21N3O4S/c20-9-13-12(18-15(22)10-2-1-3-10)5-4-11(23-13)8-14(21)19-16-17-6-7-24-16/h4-7,10-13,20H,1-3,8-9H2,(H,18,22)(H,17,19,21)/t11-,12-,13+/m0/s1. The summed E-state index contributed by atoms with van der Waals surface area (Å²) in [5, 5.41) is 17.5. The molecule has 7 nitrogen and oxygen atoms in total. The summed E-state index contributed by atoms with van der Waals surface area (Å²) in [5.41, 5.74) is 0. The minimum Gasteiger partial charge on any atom is -0.394 e. The van der Waals surface area contributed by atoms with Crippen LogP contribution in [0.15, 0.2) is 23.7 Å². The van der Waals surface area contributed by atoms with Gasteiger partial charge >= 0.3 is 0 Å². The lowest BCUT2D eigenvalue weighted by atomic mass is 9.84. The zero-order chi connectivity index (χ0) is 16.9. The van der Waals surface area contributed by atoms with Crippen LogP contribution < -0.4 is 10.6 Å². The fraction of sp³-hybridized carbons (Fsp3) is 0.562. The molecule has 0 radical (unpaired) electrons. The molecule has 1 aromatic heterocycles. The highest BCUT2D eigenvalue weighted by molar-refractivity contribution is 7.13. The van der Waals surface area contributed by atoms with Gasteiger partial charge in [0.1, 0.15) is 6.10 Å². The fourth-order valence-corrected chi connectivity index (χ4v) is 3.27. The molecule has 1 aromatic rings. The van der Waals surface area contributed by atoms with Crippen molar-refractivity contribution in [3.8, 4) is 0 Å². The van der Waals surface area contributed by atoms with Gasteiger partial charge in [0.05, 0.1) is 25.2 Å². The van der Waals surface area contributed by atoms with Crippen LogP contribution in [-0.4, -0.2) is 46.8 Å². The first-order valence-electron chi connectivity index (χ1n) is 8.10. The van der Waals surface area contributed by atoms with Gasteiger partial charge in [-0.2, -0.15) is 0 Å². The Kier molecular flexibility index (Phi) is 5.60. The van der Waals surface area contributed by atoms with Crippen LogP contribution in [0.2, 0.25) is 0 Å². The number of amides is 2. The molecule has 3 atom stereocenters. The lowest BCUT2D eigenvalue weighted by Crippen LogP contribution is -2.51. The van der Waals surface area contributed by atoms with E-state index in [2.05, 4.69) is 15.6 Å². The number of nitrogens with one attached hydrogen (secondary N) is 2. The summed E-state index contributed by atoms with van der Waals surface area (Å²) in [6, 6.07) is -0.360. The number of rotatable bonds is 6. The number of hydrogen-bond acceptors (Lipinski definition) is 6. The van der Waals surface area contributed by atoms with E-state index in [0.29, 0.717) is 5.13 Å². The number of nitrogens with zero attached hydrogens (tertiary/aromatic N) is 1. The highest BCUT2D eigenvalue weighted by atomic mass is 32.1. The third-order valence-corrected chi connectivity index (χ3v) is 5.00. The summed E-state index contributed by atoms with van der Waals surface area (Å²) in [6.07, 6.45) is 7.29. The molecule has 0 saturated heterocycles. The molecule has 3 N–H and O–H groups in total. The Morgan fingerprint density at radius 3 is 2.83 bits per heavy atom. The van der Waals surface area contributed by atoms with Crippen molar-refractivity contribution >= 4 is 28.3 Å². The monoisotopic (exact) mass is 351 g/mol. The molecule has 1 aliphatic carbocycles. The van der Waals surface area contributed by atoms with E-state index in [0.717, 1.165) is 19.3 Å². The van der Waals surface area contributed by atoms with Crippen molar-refractivity contribution in [1.29, 1.82) is 0 Å². The van der Waals surface area contributed by atoms with E-state index in [1.807, 2.05) is 6.08 Å². The van der Waals surface area contributed by atoms with Crippen LogP contribution in [0.25, 0.3) is 0 Å². The Morgan fingerprint density at radius 2 is 2.21 bits per heavy atom. The van der Waals surface area contributed by atoms with Gasteiger partial charge in [-0.15, -0.1) is 11.3 Å². The number of aliphatic hydroxyl groups excluding tert-OH is 1. The zero-order valence-corrected chi connectivity index (χ0v) is 14.0. The van der Waals surface area contributed by atoms with Crippen molar-refractivity contribution in [2.75, 3.05) is 11.9 Å². The molecule has 3 rings (SSSR count). The molecule has 1 saturated carbocycles. The molecule has 130 valence electrons. The smallest absolute Gasteiger partial charge is 0.229 e. The van der Waals surface area contributed by atoms with Gasteiger partial charge in [-0.05, 0) is 12.8 Å². The predicted molar refractivity (Wildman–Crippen MR) is 89.5 cm³/mol. The Morgan fingerprint density at radius 1 is 1.38 bits per heavy atom. The minimum absolute atomic E-state index is 0.0120. The summed E-state index contributed by atoms with van der Waals surface area (Å²) in [5.74, 6) is -0.106. The third kappa shape index (κ3) is 4.19. The lowest BCUT2D eigenvalue weighted by molar-refractivity contribution is -0.131. The maximum absolute atomic E-state index is 12.0. The average Bonchev–Trinajstić information content (AvgIpc) is 2.99. The van der Waals surface area contributed by atoms with Crippen LogP contribution in [0.1, 0.15) is 25.7 Å². The molecule has 2 amide bonds. The molecule has 1 aliphatic heterocycles. The van der Waals surface area contributed by atoms with Crippen molar-refractivity contribution < 1.29 is 19.4 Å². The third-order valence-electron chi connectivity index (χ3n) is 4.31. The normalized spacial score (nSPS) is 26.6. The van der Waals surface area contributed by atoms with E-state index in [4.69, 9.17) is 4.74 Å². The summed E-state index contributed by atoms with van der Waals surface area (Å²) in [7, 11) is 0. The van der Waals surface area contributed by atoms with Gasteiger partial charge in [0.25, 0.3) is 0 Å². The molecule has 0 aromatic carbocycles. The van der Waals surface area contributed by atoms with Crippen LogP contribution >= 0.6 is 11.3 Å². The molecule has 8 heteroatoms. The second-order valence-electron chi connectivity index (χ2n) is 6.03. The second-order valence-corrected chi connectivity index (χ2v) is 6.93. The number of aromatic nitrogens is 1. The molecule has 2 heterocycles. The van der Waals surface area contributed by atoms with Gasteiger partial charge in [-0.1, -0.05) is 18.6 Å². The molecule has 2 aliphatic rings. The van der Waals surface area contributed by atoms with Crippen molar-refractivity contribution in [2.24, 2.45) is 5.92 Å². The zero-order valence-electron chi connectivity index (χ0n) is 13.2. The number of anilines is 1. The van der Waals surface area contributed by atoms with Crippen molar-refractivity contribution in [3.05, 3.63) is 23.7 Å². The Hall–Kier alpha value is -1.77. The average molecular weight is 351 g/mol. The maximum atomic E-state index is 12.0. The minimum atomic E-state index is -0.545. The Balaban J connectivity index is 1.52. The van der Waals surface area contributed by atoms with Crippen LogP contribution in [0.4, 0.5) is 5.13 Å². The van der Waals surface area contributed by atoms with Crippen molar-refractivity contribution in [3.63, 3.8) is 0 Å². The molecule has 0 bridgehead atoms. The number of thiazole rings is 1. The van der Waals surface area contributed by atoms with E-state index in [1.165, 1.54) is 11.3 Å². The van der Waals surface area contributed by atoms with Crippen LogP contribution in [0.5, 0.6) is 0 Å². The molecular weight excluding hydrogens is 330 g/mol. The van der Waals surface area contributed by atoms with E-state index in [9.17, 15) is 14.7 Å². The SMILES string of the molecule is O=C(C[C@@H]1C=C[C@H](NC(=O)C2CCC2)[C@@H](CO)O1)Nc1nccs1. The lowest BCUT2D eigenvalue weighted by Gasteiger charge is -2.33. The van der Waals surface area contributed by atoms with Crippen LogP contribution in [0.3, 0.4) is 0 Å².